The highest BCUT2D eigenvalue weighted by Crippen LogP contribution is 2.37. The van der Waals surface area contributed by atoms with Gasteiger partial charge in [-0.05, 0) is 92.2 Å². The van der Waals surface area contributed by atoms with Gasteiger partial charge in [-0.3, -0.25) is 29.3 Å². The molecule has 0 unspecified atom stereocenters. The summed E-state index contributed by atoms with van der Waals surface area (Å²) in [6.07, 6.45) is 5.80. The van der Waals surface area contributed by atoms with E-state index in [9.17, 15) is 19.5 Å². The third-order valence-electron chi connectivity index (χ3n) is 7.99. The van der Waals surface area contributed by atoms with E-state index in [-0.39, 0.29) is 23.2 Å². The number of rotatable bonds is 8. The van der Waals surface area contributed by atoms with E-state index in [0.29, 0.717) is 34.9 Å². The number of carboxylic acid groups (broad SMARTS) is 1. The van der Waals surface area contributed by atoms with Gasteiger partial charge in [-0.25, -0.2) is 0 Å². The second-order valence-corrected chi connectivity index (χ2v) is 11.5. The van der Waals surface area contributed by atoms with Gasteiger partial charge in [-0.15, -0.1) is 0 Å². The first-order valence-electron chi connectivity index (χ1n) is 14.5. The smallest absolute Gasteiger partial charge is 0.320 e. The topological polar surface area (TPSA) is 125 Å². The van der Waals surface area contributed by atoms with Crippen LogP contribution in [0.1, 0.15) is 62.5 Å². The number of likely N-dealkylation sites (tertiary alicyclic amines) is 1. The number of nitrogens with zero attached hydrogens (tertiary/aromatic N) is 3. The standard InChI is InChI=1S/C34H34ClN5O4/c1-20-13-14-28(36-17-20)32(41)39-27-11-7-9-25(31(27)35)24-8-6-10-26(22(24)3)38-33(42)29-16-21(2)23(18-37-29)19-40-15-5-4-12-30(40)34(43)44/h6-11,13-14,16-18,30H,4-5,12,15,19H2,1-3H3,(H,38,42)(H,39,41)(H,43,44)/t30-/m0/s1. The number of aromatic nitrogens is 2. The summed E-state index contributed by atoms with van der Waals surface area (Å²) in [6.45, 7) is 6.89. The van der Waals surface area contributed by atoms with E-state index in [0.717, 1.165) is 47.2 Å². The number of aliphatic carboxylic acids is 1. The molecule has 2 aromatic heterocycles. The Hall–Kier alpha value is -4.60. The van der Waals surface area contributed by atoms with Crippen LogP contribution >= 0.6 is 11.6 Å². The molecule has 1 aliphatic rings. The van der Waals surface area contributed by atoms with Gasteiger partial charge in [-0.1, -0.05) is 48.4 Å². The molecule has 1 aliphatic heterocycles. The van der Waals surface area contributed by atoms with E-state index in [1.54, 1.807) is 36.7 Å². The third-order valence-corrected chi connectivity index (χ3v) is 8.39. The molecule has 226 valence electrons. The molecule has 2 amide bonds. The van der Waals surface area contributed by atoms with Crippen LogP contribution < -0.4 is 10.6 Å². The number of benzene rings is 2. The van der Waals surface area contributed by atoms with Gasteiger partial charge in [0.05, 0.1) is 10.7 Å². The zero-order chi connectivity index (χ0) is 31.4. The minimum atomic E-state index is -0.804. The number of carboxylic acids is 1. The minimum Gasteiger partial charge on any atom is -0.480 e. The number of hydrogen-bond acceptors (Lipinski definition) is 6. The lowest BCUT2D eigenvalue weighted by atomic mass is 9.98. The van der Waals surface area contributed by atoms with E-state index < -0.39 is 12.0 Å². The number of aryl methyl sites for hydroxylation is 2. The molecule has 2 aromatic carbocycles. The molecule has 0 bridgehead atoms. The van der Waals surface area contributed by atoms with Crippen molar-refractivity contribution in [3.05, 3.63) is 106 Å². The fourth-order valence-corrected chi connectivity index (χ4v) is 5.70. The average molecular weight is 612 g/mol. The molecule has 0 saturated carbocycles. The van der Waals surface area contributed by atoms with Gasteiger partial charge in [0.2, 0.25) is 0 Å². The lowest BCUT2D eigenvalue weighted by molar-refractivity contribution is -0.144. The number of piperidine rings is 1. The van der Waals surface area contributed by atoms with Crippen LogP contribution in [-0.2, 0) is 11.3 Å². The number of carbonyl (C=O) groups is 3. The summed E-state index contributed by atoms with van der Waals surface area (Å²) in [5.41, 5.74) is 6.61. The van der Waals surface area contributed by atoms with Gasteiger partial charge < -0.3 is 15.7 Å². The van der Waals surface area contributed by atoms with Crippen molar-refractivity contribution in [3.8, 4) is 11.1 Å². The van der Waals surface area contributed by atoms with E-state index >= 15 is 0 Å². The van der Waals surface area contributed by atoms with Gasteiger partial charge >= 0.3 is 5.97 Å². The first kappa shape index (κ1) is 30.8. The second-order valence-electron chi connectivity index (χ2n) is 11.1. The number of hydrogen-bond donors (Lipinski definition) is 3. The molecule has 3 heterocycles. The van der Waals surface area contributed by atoms with Crippen molar-refractivity contribution >= 4 is 40.8 Å². The summed E-state index contributed by atoms with van der Waals surface area (Å²) >= 11 is 6.79. The van der Waals surface area contributed by atoms with Gasteiger partial charge in [0.15, 0.2) is 0 Å². The van der Waals surface area contributed by atoms with Gasteiger partial charge in [0.1, 0.15) is 17.4 Å². The Morgan fingerprint density at radius 2 is 1.57 bits per heavy atom. The molecule has 44 heavy (non-hydrogen) atoms. The Morgan fingerprint density at radius 3 is 2.27 bits per heavy atom. The van der Waals surface area contributed by atoms with Crippen LogP contribution in [0.15, 0.2) is 67.0 Å². The summed E-state index contributed by atoms with van der Waals surface area (Å²) in [7, 11) is 0. The van der Waals surface area contributed by atoms with E-state index in [1.165, 1.54) is 0 Å². The fraction of sp³-hybridized carbons (Fsp3) is 0.265. The van der Waals surface area contributed by atoms with Crippen molar-refractivity contribution in [1.82, 2.24) is 14.9 Å². The van der Waals surface area contributed by atoms with Crippen molar-refractivity contribution in [3.63, 3.8) is 0 Å². The van der Waals surface area contributed by atoms with Crippen LogP contribution in [0.3, 0.4) is 0 Å². The molecule has 0 spiro atoms. The summed E-state index contributed by atoms with van der Waals surface area (Å²) in [6, 6.07) is 15.6. The molecule has 0 aliphatic carbocycles. The first-order chi connectivity index (χ1) is 21.1. The van der Waals surface area contributed by atoms with Gasteiger partial charge in [-0.2, -0.15) is 0 Å². The Balaban J connectivity index is 1.32. The molecule has 3 N–H and O–H groups in total. The van der Waals surface area contributed by atoms with Crippen molar-refractivity contribution < 1.29 is 19.5 Å². The first-order valence-corrected chi connectivity index (χ1v) is 14.9. The highest BCUT2D eigenvalue weighted by molar-refractivity contribution is 6.36. The van der Waals surface area contributed by atoms with Crippen LogP contribution in [0, 0.1) is 20.8 Å². The van der Waals surface area contributed by atoms with Crippen molar-refractivity contribution in [2.75, 3.05) is 17.2 Å². The predicted octanol–water partition coefficient (Wildman–Crippen LogP) is 6.67. The Labute approximate surface area is 261 Å². The third kappa shape index (κ3) is 6.79. The average Bonchev–Trinajstić information content (AvgIpc) is 3.01. The molecule has 0 radical (unpaired) electrons. The Bertz CT molecular complexity index is 1720. The monoisotopic (exact) mass is 611 g/mol. The highest BCUT2D eigenvalue weighted by Gasteiger charge is 2.28. The van der Waals surface area contributed by atoms with Crippen molar-refractivity contribution in [1.29, 1.82) is 0 Å². The summed E-state index contributed by atoms with van der Waals surface area (Å²) in [5.74, 6) is -1.53. The lowest BCUT2D eigenvalue weighted by Crippen LogP contribution is -2.44. The van der Waals surface area contributed by atoms with Crippen LogP contribution in [-0.4, -0.2) is 50.3 Å². The summed E-state index contributed by atoms with van der Waals surface area (Å²) < 4.78 is 0. The van der Waals surface area contributed by atoms with Crippen molar-refractivity contribution in [2.24, 2.45) is 0 Å². The zero-order valence-corrected chi connectivity index (χ0v) is 25.6. The molecule has 10 heteroatoms. The molecular formula is C34H34ClN5O4. The number of nitrogens with one attached hydrogen (secondary N) is 2. The maximum Gasteiger partial charge on any atom is 0.320 e. The van der Waals surface area contributed by atoms with Crippen molar-refractivity contribution in [2.45, 2.75) is 52.6 Å². The lowest BCUT2D eigenvalue weighted by Gasteiger charge is -2.33. The number of amides is 2. The minimum absolute atomic E-state index is 0.261. The highest BCUT2D eigenvalue weighted by atomic mass is 35.5. The molecule has 5 rings (SSSR count). The SMILES string of the molecule is Cc1ccc(C(=O)Nc2cccc(-c3cccc(NC(=O)c4cc(C)c(CN5CCCC[C@H]5C(=O)O)cn4)c3C)c2Cl)nc1. The normalized spacial score (nSPS) is 15.0. The Morgan fingerprint density at radius 1 is 0.886 bits per heavy atom. The summed E-state index contributed by atoms with van der Waals surface area (Å²) in [4.78, 5) is 48.3. The molecular weight excluding hydrogens is 578 g/mol. The molecule has 1 saturated heterocycles. The Kier molecular flexibility index (Phi) is 9.37. The second kappa shape index (κ2) is 13.4. The quantitative estimate of drug-likeness (QED) is 0.203. The molecule has 9 nitrogen and oxygen atoms in total. The van der Waals surface area contributed by atoms with Gasteiger partial charge in [0, 0.05) is 30.2 Å². The number of anilines is 2. The molecule has 1 atom stereocenters. The maximum atomic E-state index is 13.3. The maximum absolute atomic E-state index is 13.3. The summed E-state index contributed by atoms with van der Waals surface area (Å²) in [5, 5.41) is 15.8. The number of carbonyl (C=O) groups excluding carboxylic acids is 2. The van der Waals surface area contributed by atoms with Crippen LogP contribution in [0.4, 0.5) is 11.4 Å². The fourth-order valence-electron chi connectivity index (χ4n) is 5.43. The predicted molar refractivity (Wildman–Crippen MR) is 171 cm³/mol. The number of pyridine rings is 2. The van der Waals surface area contributed by atoms with Gasteiger partial charge in [0.25, 0.3) is 11.8 Å². The molecule has 1 fully saturated rings. The van der Waals surface area contributed by atoms with E-state index in [1.807, 2.05) is 56.0 Å². The largest absolute Gasteiger partial charge is 0.480 e. The molecule has 4 aromatic rings. The van der Waals surface area contributed by atoms with E-state index in [2.05, 4.69) is 20.6 Å². The number of halogens is 1. The van der Waals surface area contributed by atoms with Crippen LogP contribution in [0.2, 0.25) is 5.02 Å². The zero-order valence-electron chi connectivity index (χ0n) is 24.9. The van der Waals surface area contributed by atoms with Crippen LogP contribution in [0.25, 0.3) is 11.1 Å². The van der Waals surface area contributed by atoms with Crippen LogP contribution in [0.5, 0.6) is 0 Å². The van der Waals surface area contributed by atoms with E-state index in [4.69, 9.17) is 11.6 Å².